The lowest BCUT2D eigenvalue weighted by molar-refractivity contribution is 0.111. The van der Waals surface area contributed by atoms with Crippen LogP contribution in [-0.4, -0.2) is 20.8 Å². The Hall–Kier alpha value is -1.71. The molecule has 2 aromatic rings. The largest absolute Gasteiger partial charge is 0.327 e. The molecule has 0 saturated carbocycles. The maximum Gasteiger partial charge on any atom is 0.168 e. The van der Waals surface area contributed by atoms with Crippen LogP contribution in [-0.2, 0) is 0 Å². The summed E-state index contributed by atoms with van der Waals surface area (Å²) in [6.07, 6.45) is 4.19. The van der Waals surface area contributed by atoms with E-state index in [1.54, 1.807) is 18.6 Å². The molecule has 2 rings (SSSR count). The van der Waals surface area contributed by atoms with E-state index in [-0.39, 0.29) is 0 Å². The molecule has 0 amide bonds. The molecule has 0 atom stereocenters. The Morgan fingerprint density at radius 2 is 2.21 bits per heavy atom. The highest BCUT2D eigenvalue weighted by atomic mass is 16.1. The van der Waals surface area contributed by atoms with Crippen LogP contribution in [0.1, 0.15) is 30.4 Å². The standard InChI is InChI=1S/C10H11N3O/c1-7(2)13-6-12-9-3-8(5-14)11-4-10(9)13/h3-7H,1-2H3. The molecule has 14 heavy (non-hydrogen) atoms. The average molecular weight is 189 g/mol. The van der Waals surface area contributed by atoms with Crippen molar-refractivity contribution >= 4 is 17.3 Å². The van der Waals surface area contributed by atoms with Crippen LogP contribution < -0.4 is 0 Å². The quantitative estimate of drug-likeness (QED) is 0.677. The number of nitrogens with zero attached hydrogens (tertiary/aromatic N) is 3. The van der Waals surface area contributed by atoms with E-state index in [0.29, 0.717) is 11.7 Å². The first-order chi connectivity index (χ1) is 6.72. The molecule has 0 aliphatic heterocycles. The molecular formula is C10H11N3O. The number of imidazole rings is 1. The number of carbonyl (C=O) groups is 1. The normalized spacial score (nSPS) is 11.1. The molecule has 4 nitrogen and oxygen atoms in total. The predicted octanol–water partition coefficient (Wildman–Crippen LogP) is 1.82. The summed E-state index contributed by atoms with van der Waals surface area (Å²) in [6.45, 7) is 4.16. The van der Waals surface area contributed by atoms with Gasteiger partial charge in [0.05, 0.1) is 23.6 Å². The minimum absolute atomic E-state index is 0.351. The smallest absolute Gasteiger partial charge is 0.168 e. The average Bonchev–Trinajstić information content (AvgIpc) is 2.59. The van der Waals surface area contributed by atoms with Crippen molar-refractivity contribution in [3.05, 3.63) is 24.3 Å². The molecule has 2 aromatic heterocycles. The Morgan fingerprint density at radius 3 is 2.86 bits per heavy atom. The van der Waals surface area contributed by atoms with Crippen molar-refractivity contribution in [3.63, 3.8) is 0 Å². The summed E-state index contributed by atoms with van der Waals surface area (Å²) >= 11 is 0. The Balaban J connectivity index is 2.65. The van der Waals surface area contributed by atoms with E-state index >= 15 is 0 Å². The van der Waals surface area contributed by atoms with Gasteiger partial charge in [0.1, 0.15) is 5.69 Å². The summed E-state index contributed by atoms with van der Waals surface area (Å²) in [4.78, 5) is 18.7. The lowest BCUT2D eigenvalue weighted by atomic mass is 10.3. The van der Waals surface area contributed by atoms with Gasteiger partial charge in [-0.1, -0.05) is 0 Å². The number of fused-ring (bicyclic) bond motifs is 1. The molecule has 0 fully saturated rings. The molecule has 4 heteroatoms. The highest BCUT2D eigenvalue weighted by Crippen LogP contribution is 2.16. The molecule has 0 N–H and O–H groups in total. The summed E-state index contributed by atoms with van der Waals surface area (Å²) in [5.74, 6) is 0. The van der Waals surface area contributed by atoms with E-state index in [9.17, 15) is 4.79 Å². The van der Waals surface area contributed by atoms with Gasteiger partial charge in [0.25, 0.3) is 0 Å². The van der Waals surface area contributed by atoms with Gasteiger partial charge in [-0.3, -0.25) is 9.78 Å². The third-order valence-corrected chi connectivity index (χ3v) is 2.16. The summed E-state index contributed by atoms with van der Waals surface area (Å²) < 4.78 is 2.02. The number of rotatable bonds is 2. The second kappa shape index (κ2) is 3.21. The monoisotopic (exact) mass is 189 g/mol. The number of carbonyl (C=O) groups excluding carboxylic acids is 1. The number of pyridine rings is 1. The number of hydrogen-bond donors (Lipinski definition) is 0. The van der Waals surface area contributed by atoms with Crippen molar-refractivity contribution in [2.45, 2.75) is 19.9 Å². The number of hydrogen-bond acceptors (Lipinski definition) is 3. The van der Waals surface area contributed by atoms with Crippen LogP contribution in [0.25, 0.3) is 11.0 Å². The van der Waals surface area contributed by atoms with Gasteiger partial charge in [-0.05, 0) is 19.9 Å². The molecule has 0 bridgehead atoms. The Bertz CT molecular complexity index is 473. The van der Waals surface area contributed by atoms with Gasteiger partial charge < -0.3 is 4.57 Å². The highest BCUT2D eigenvalue weighted by molar-refractivity contribution is 5.82. The van der Waals surface area contributed by atoms with Crippen molar-refractivity contribution < 1.29 is 4.79 Å². The molecule has 0 unspecified atom stereocenters. The molecule has 2 heterocycles. The third-order valence-electron chi connectivity index (χ3n) is 2.16. The number of aldehydes is 1. The van der Waals surface area contributed by atoms with Crippen molar-refractivity contribution in [2.24, 2.45) is 0 Å². The van der Waals surface area contributed by atoms with Crippen molar-refractivity contribution in [1.82, 2.24) is 14.5 Å². The third kappa shape index (κ3) is 1.28. The van der Waals surface area contributed by atoms with Crippen LogP contribution >= 0.6 is 0 Å². The summed E-state index contributed by atoms with van der Waals surface area (Å²) in [7, 11) is 0. The molecule has 0 saturated heterocycles. The fourth-order valence-corrected chi connectivity index (χ4v) is 1.42. The van der Waals surface area contributed by atoms with Crippen molar-refractivity contribution in [3.8, 4) is 0 Å². The second-order valence-electron chi connectivity index (χ2n) is 3.46. The first-order valence-corrected chi connectivity index (χ1v) is 4.50. The minimum atomic E-state index is 0.351. The van der Waals surface area contributed by atoms with Gasteiger partial charge >= 0.3 is 0 Å². The maximum atomic E-state index is 10.5. The molecule has 0 aliphatic rings. The number of aromatic nitrogens is 3. The van der Waals surface area contributed by atoms with Crippen LogP contribution in [0, 0.1) is 0 Å². The van der Waals surface area contributed by atoms with Crippen LogP contribution in [0.3, 0.4) is 0 Å². The van der Waals surface area contributed by atoms with Gasteiger partial charge in [0.2, 0.25) is 0 Å². The SMILES string of the molecule is CC(C)n1cnc2cc(C=O)ncc21. The zero-order chi connectivity index (χ0) is 10.1. The molecule has 0 aliphatic carbocycles. The first-order valence-electron chi connectivity index (χ1n) is 4.50. The van der Waals surface area contributed by atoms with Gasteiger partial charge in [-0.25, -0.2) is 4.98 Å². The van der Waals surface area contributed by atoms with E-state index in [4.69, 9.17) is 0 Å². The molecule has 72 valence electrons. The van der Waals surface area contributed by atoms with Crippen LogP contribution in [0.2, 0.25) is 0 Å². The lowest BCUT2D eigenvalue weighted by Gasteiger charge is -2.06. The van der Waals surface area contributed by atoms with E-state index in [1.807, 2.05) is 4.57 Å². The van der Waals surface area contributed by atoms with Gasteiger partial charge in [0.15, 0.2) is 6.29 Å². The summed E-state index contributed by atoms with van der Waals surface area (Å²) in [6, 6.07) is 2.05. The Kier molecular flexibility index (Phi) is 2.04. The van der Waals surface area contributed by atoms with Crippen LogP contribution in [0.5, 0.6) is 0 Å². The zero-order valence-electron chi connectivity index (χ0n) is 8.14. The van der Waals surface area contributed by atoms with Crippen molar-refractivity contribution in [1.29, 1.82) is 0 Å². The Morgan fingerprint density at radius 1 is 1.43 bits per heavy atom. The Labute approximate surface area is 81.6 Å². The molecular weight excluding hydrogens is 178 g/mol. The molecule has 0 aromatic carbocycles. The second-order valence-corrected chi connectivity index (χ2v) is 3.46. The van der Waals surface area contributed by atoms with Crippen LogP contribution in [0.4, 0.5) is 0 Å². The van der Waals surface area contributed by atoms with Crippen molar-refractivity contribution in [2.75, 3.05) is 0 Å². The highest BCUT2D eigenvalue weighted by Gasteiger charge is 2.06. The summed E-state index contributed by atoms with van der Waals surface area (Å²) in [5, 5.41) is 0. The van der Waals surface area contributed by atoms with Gasteiger partial charge in [-0.2, -0.15) is 0 Å². The predicted molar refractivity (Wildman–Crippen MR) is 53.3 cm³/mol. The fraction of sp³-hybridized carbons (Fsp3) is 0.300. The van der Waals surface area contributed by atoms with E-state index in [1.165, 1.54) is 0 Å². The molecule has 0 spiro atoms. The first kappa shape index (κ1) is 8.87. The summed E-state index contributed by atoms with van der Waals surface area (Å²) in [5.41, 5.74) is 2.20. The maximum absolute atomic E-state index is 10.5. The lowest BCUT2D eigenvalue weighted by Crippen LogP contribution is -1.98. The van der Waals surface area contributed by atoms with E-state index in [2.05, 4.69) is 23.8 Å². The van der Waals surface area contributed by atoms with Gasteiger partial charge in [0, 0.05) is 6.04 Å². The topological polar surface area (TPSA) is 47.8 Å². The minimum Gasteiger partial charge on any atom is -0.327 e. The molecule has 0 radical (unpaired) electrons. The zero-order valence-corrected chi connectivity index (χ0v) is 8.14. The van der Waals surface area contributed by atoms with E-state index < -0.39 is 0 Å². The van der Waals surface area contributed by atoms with Gasteiger partial charge in [-0.15, -0.1) is 0 Å². The van der Waals surface area contributed by atoms with Crippen LogP contribution in [0.15, 0.2) is 18.6 Å². The van der Waals surface area contributed by atoms with E-state index in [0.717, 1.165) is 17.3 Å². The fourth-order valence-electron chi connectivity index (χ4n) is 1.42.